The van der Waals surface area contributed by atoms with Crippen LogP contribution in [0.5, 0.6) is 0 Å². The van der Waals surface area contributed by atoms with Crippen LogP contribution >= 0.6 is 11.8 Å². The summed E-state index contributed by atoms with van der Waals surface area (Å²) in [7, 11) is 0. The van der Waals surface area contributed by atoms with Crippen molar-refractivity contribution < 1.29 is 19.1 Å². The minimum Gasteiger partial charge on any atom is -0.466 e. The molecule has 1 fully saturated rings. The molecule has 6 nitrogen and oxygen atoms in total. The Morgan fingerprint density at radius 1 is 1.17 bits per heavy atom. The molecule has 1 aromatic rings. The standard InChI is InChI=1S/C23H34N2O4S/c1-4-6-7-18-8-10-20(11-9-18)30-16-21(24-17(3)26)22(27)25-14-12-19(13-15-25)23(28)29-5-2/h8-11,19,21H,4-7,12-16H2,1-3H3,(H,24,26). The highest BCUT2D eigenvalue weighted by atomic mass is 32.2. The molecule has 0 bridgehead atoms. The summed E-state index contributed by atoms with van der Waals surface area (Å²) in [6, 6.07) is 7.85. The number of aryl methyl sites for hydroxylation is 1. The van der Waals surface area contributed by atoms with Gasteiger partial charge in [0, 0.05) is 30.7 Å². The minimum absolute atomic E-state index is 0.0837. The van der Waals surface area contributed by atoms with Crippen LogP contribution in [0.4, 0.5) is 0 Å². The summed E-state index contributed by atoms with van der Waals surface area (Å²) in [6.45, 7) is 6.80. The molecule has 1 unspecified atom stereocenters. The van der Waals surface area contributed by atoms with Crippen molar-refractivity contribution in [2.75, 3.05) is 25.4 Å². The normalized spacial score (nSPS) is 15.5. The fraction of sp³-hybridized carbons (Fsp3) is 0.609. The quantitative estimate of drug-likeness (QED) is 0.451. The Morgan fingerprint density at radius 2 is 1.83 bits per heavy atom. The summed E-state index contributed by atoms with van der Waals surface area (Å²) >= 11 is 1.57. The maximum atomic E-state index is 13.0. The van der Waals surface area contributed by atoms with Gasteiger partial charge in [0.25, 0.3) is 0 Å². The van der Waals surface area contributed by atoms with Gasteiger partial charge in [-0.25, -0.2) is 0 Å². The molecule has 0 saturated carbocycles. The van der Waals surface area contributed by atoms with E-state index in [1.54, 1.807) is 23.6 Å². The van der Waals surface area contributed by atoms with Gasteiger partial charge in [-0.3, -0.25) is 14.4 Å². The topological polar surface area (TPSA) is 75.7 Å². The monoisotopic (exact) mass is 434 g/mol. The van der Waals surface area contributed by atoms with E-state index in [0.717, 1.165) is 11.3 Å². The molecule has 1 aliphatic rings. The van der Waals surface area contributed by atoms with Crippen LogP contribution in [0, 0.1) is 5.92 Å². The number of hydrogen-bond donors (Lipinski definition) is 1. The molecule has 0 spiro atoms. The van der Waals surface area contributed by atoms with E-state index >= 15 is 0 Å². The van der Waals surface area contributed by atoms with Gasteiger partial charge in [-0.15, -0.1) is 11.8 Å². The molecular formula is C23H34N2O4S. The van der Waals surface area contributed by atoms with Crippen molar-refractivity contribution in [1.82, 2.24) is 10.2 Å². The molecule has 1 aliphatic heterocycles. The van der Waals surface area contributed by atoms with Crippen LogP contribution in [0.2, 0.25) is 0 Å². The average Bonchev–Trinajstić information content (AvgIpc) is 2.75. The van der Waals surface area contributed by atoms with E-state index < -0.39 is 6.04 Å². The molecule has 2 amide bonds. The molecule has 7 heteroatoms. The number of piperidine rings is 1. The number of ether oxygens (including phenoxy) is 1. The molecule has 1 saturated heterocycles. The fourth-order valence-electron chi connectivity index (χ4n) is 3.55. The summed E-state index contributed by atoms with van der Waals surface area (Å²) in [5, 5.41) is 2.80. The maximum Gasteiger partial charge on any atom is 0.309 e. The maximum absolute atomic E-state index is 13.0. The van der Waals surface area contributed by atoms with E-state index in [-0.39, 0.29) is 23.7 Å². The summed E-state index contributed by atoms with van der Waals surface area (Å²) in [5.74, 6) is -0.149. The Kier molecular flexibility index (Phi) is 10.2. The fourth-order valence-corrected chi connectivity index (χ4v) is 4.46. The van der Waals surface area contributed by atoms with Crippen molar-refractivity contribution in [2.24, 2.45) is 5.92 Å². The zero-order chi connectivity index (χ0) is 21.9. The number of thioether (sulfide) groups is 1. The first-order valence-corrected chi connectivity index (χ1v) is 11.9. The predicted molar refractivity (Wildman–Crippen MR) is 119 cm³/mol. The van der Waals surface area contributed by atoms with E-state index in [4.69, 9.17) is 4.74 Å². The number of carbonyl (C=O) groups excluding carboxylic acids is 3. The van der Waals surface area contributed by atoms with E-state index in [0.29, 0.717) is 38.3 Å². The van der Waals surface area contributed by atoms with Crippen LogP contribution in [0.15, 0.2) is 29.2 Å². The van der Waals surface area contributed by atoms with Gasteiger partial charge in [0.05, 0.1) is 12.5 Å². The number of nitrogens with one attached hydrogen (secondary N) is 1. The van der Waals surface area contributed by atoms with Gasteiger partial charge in [0.15, 0.2) is 0 Å². The number of nitrogens with zero attached hydrogens (tertiary/aromatic N) is 1. The molecule has 0 radical (unpaired) electrons. The lowest BCUT2D eigenvalue weighted by atomic mass is 9.96. The largest absolute Gasteiger partial charge is 0.466 e. The minimum atomic E-state index is -0.577. The highest BCUT2D eigenvalue weighted by molar-refractivity contribution is 7.99. The first-order chi connectivity index (χ1) is 14.4. The van der Waals surface area contributed by atoms with E-state index in [2.05, 4.69) is 36.5 Å². The Labute approximate surface area is 184 Å². The zero-order valence-corrected chi connectivity index (χ0v) is 19.1. The first kappa shape index (κ1) is 24.3. The SMILES string of the molecule is CCCCc1ccc(SCC(NC(C)=O)C(=O)N2CCC(C(=O)OCC)CC2)cc1. The van der Waals surface area contributed by atoms with Crippen LogP contribution < -0.4 is 5.32 Å². The third-order valence-electron chi connectivity index (χ3n) is 5.26. The van der Waals surface area contributed by atoms with Crippen LogP contribution in [-0.2, 0) is 25.5 Å². The Balaban J connectivity index is 1.91. The lowest BCUT2D eigenvalue weighted by Gasteiger charge is -2.33. The van der Waals surface area contributed by atoms with Crippen LogP contribution in [0.1, 0.15) is 52.0 Å². The Bertz CT molecular complexity index is 700. The molecule has 2 rings (SSSR count). The number of amides is 2. The molecule has 1 N–H and O–H groups in total. The molecule has 166 valence electrons. The van der Waals surface area contributed by atoms with Crippen LogP contribution in [-0.4, -0.2) is 54.2 Å². The highest BCUT2D eigenvalue weighted by Gasteiger charge is 2.31. The predicted octanol–water partition coefficient (Wildman–Crippen LogP) is 3.43. The highest BCUT2D eigenvalue weighted by Crippen LogP contribution is 2.23. The van der Waals surface area contributed by atoms with Gasteiger partial charge in [-0.1, -0.05) is 25.5 Å². The van der Waals surface area contributed by atoms with Gasteiger partial charge in [-0.05, 0) is 50.3 Å². The van der Waals surface area contributed by atoms with Crippen molar-refractivity contribution in [3.63, 3.8) is 0 Å². The molecule has 1 heterocycles. The number of benzene rings is 1. The number of carbonyl (C=O) groups is 3. The van der Waals surface area contributed by atoms with Gasteiger partial charge < -0.3 is 15.0 Å². The second-order valence-electron chi connectivity index (χ2n) is 7.66. The third kappa shape index (κ3) is 7.67. The smallest absolute Gasteiger partial charge is 0.309 e. The van der Waals surface area contributed by atoms with Crippen molar-refractivity contribution >= 4 is 29.5 Å². The Morgan fingerprint density at radius 3 is 2.40 bits per heavy atom. The first-order valence-electron chi connectivity index (χ1n) is 10.9. The molecule has 30 heavy (non-hydrogen) atoms. The van der Waals surface area contributed by atoms with E-state index in [1.165, 1.54) is 25.3 Å². The van der Waals surface area contributed by atoms with Crippen molar-refractivity contribution in [2.45, 2.75) is 63.8 Å². The van der Waals surface area contributed by atoms with E-state index in [1.807, 2.05) is 0 Å². The summed E-state index contributed by atoms with van der Waals surface area (Å²) in [4.78, 5) is 39.4. The number of hydrogen-bond acceptors (Lipinski definition) is 5. The number of likely N-dealkylation sites (tertiary alicyclic amines) is 1. The van der Waals surface area contributed by atoms with Gasteiger partial charge >= 0.3 is 5.97 Å². The second kappa shape index (κ2) is 12.6. The molecule has 1 atom stereocenters. The Hall–Kier alpha value is -2.02. The second-order valence-corrected chi connectivity index (χ2v) is 8.76. The average molecular weight is 435 g/mol. The summed E-state index contributed by atoms with van der Waals surface area (Å²) in [5.41, 5.74) is 1.32. The number of esters is 1. The lowest BCUT2D eigenvalue weighted by molar-refractivity contribution is -0.151. The van der Waals surface area contributed by atoms with Crippen molar-refractivity contribution in [3.05, 3.63) is 29.8 Å². The molecule has 0 aromatic heterocycles. The lowest BCUT2D eigenvalue weighted by Crippen LogP contribution is -2.52. The summed E-state index contributed by atoms with van der Waals surface area (Å²) < 4.78 is 5.09. The molecule has 0 aliphatic carbocycles. The zero-order valence-electron chi connectivity index (χ0n) is 18.3. The van der Waals surface area contributed by atoms with E-state index in [9.17, 15) is 14.4 Å². The van der Waals surface area contributed by atoms with Crippen molar-refractivity contribution in [1.29, 1.82) is 0 Å². The number of rotatable bonds is 10. The van der Waals surface area contributed by atoms with Gasteiger partial charge in [-0.2, -0.15) is 0 Å². The van der Waals surface area contributed by atoms with Crippen LogP contribution in [0.25, 0.3) is 0 Å². The molecule has 1 aromatic carbocycles. The van der Waals surface area contributed by atoms with Gasteiger partial charge in [0.2, 0.25) is 11.8 Å². The summed E-state index contributed by atoms with van der Waals surface area (Å²) in [6.07, 6.45) is 4.64. The molecular weight excluding hydrogens is 400 g/mol. The van der Waals surface area contributed by atoms with Crippen LogP contribution in [0.3, 0.4) is 0 Å². The third-order valence-corrected chi connectivity index (χ3v) is 6.37. The van der Waals surface area contributed by atoms with Crippen molar-refractivity contribution in [3.8, 4) is 0 Å². The number of unbranched alkanes of at least 4 members (excludes halogenated alkanes) is 1. The van der Waals surface area contributed by atoms with Gasteiger partial charge in [0.1, 0.15) is 6.04 Å².